The molecule has 0 saturated heterocycles. The van der Waals surface area contributed by atoms with Crippen LogP contribution in [0.4, 0.5) is 16.0 Å². The molecule has 1 saturated carbocycles. The minimum Gasteiger partial charge on any atom is -0.465 e. The molecule has 0 aromatic carbocycles. The van der Waals surface area contributed by atoms with Gasteiger partial charge in [-0.1, -0.05) is 13.3 Å². The number of esters is 1. The third-order valence-corrected chi connectivity index (χ3v) is 9.59. The minimum atomic E-state index is -3.77. The molecule has 0 spiro atoms. The van der Waals surface area contributed by atoms with Gasteiger partial charge < -0.3 is 15.2 Å². The number of halogens is 1. The summed E-state index contributed by atoms with van der Waals surface area (Å²) in [5, 5.41) is 15.0. The Morgan fingerprint density at radius 3 is 2.58 bits per heavy atom. The molecule has 9 nitrogen and oxygen atoms in total. The Labute approximate surface area is 238 Å². The van der Waals surface area contributed by atoms with Crippen LogP contribution in [0.25, 0.3) is 10.6 Å². The van der Waals surface area contributed by atoms with Gasteiger partial charge >= 0.3 is 5.97 Å². The number of pyridine rings is 2. The van der Waals surface area contributed by atoms with E-state index in [4.69, 9.17) is 4.74 Å². The van der Waals surface area contributed by atoms with Gasteiger partial charge in [0.2, 0.25) is 0 Å². The molecule has 1 aliphatic carbocycles. The standard InChI is InChI=1S/C28H35FN4O5S2/c1-5-6-11-38-26(34)18-7-9-19(10-8-18)28(3,35)27-31-16-22(39-27)21-12-17(2)13-25(32-21)33-24-14-23(40(4,36)37)20(29)15-30-24/h12-16,18-19,35H,5-11H2,1-4H3,(H,30,32,33)/t18-,19-,28-/m1/s1. The van der Waals surface area contributed by atoms with Crippen molar-refractivity contribution in [3.63, 3.8) is 0 Å². The second-order valence-corrected chi connectivity index (χ2v) is 13.6. The van der Waals surface area contributed by atoms with Gasteiger partial charge in [0.15, 0.2) is 15.7 Å². The molecule has 1 atom stereocenters. The molecule has 1 aliphatic rings. The Morgan fingerprint density at radius 1 is 1.18 bits per heavy atom. The highest BCUT2D eigenvalue weighted by Crippen LogP contribution is 2.43. The van der Waals surface area contributed by atoms with Crippen molar-refractivity contribution in [3.05, 3.63) is 47.0 Å². The molecule has 0 amide bonds. The highest BCUT2D eigenvalue weighted by Gasteiger charge is 2.40. The first-order valence-corrected chi connectivity index (χ1v) is 16.1. The predicted molar refractivity (Wildman–Crippen MR) is 152 cm³/mol. The zero-order valence-electron chi connectivity index (χ0n) is 23.1. The normalized spacial score (nSPS) is 19.1. The van der Waals surface area contributed by atoms with Crippen LogP contribution in [0, 0.1) is 24.6 Å². The maximum atomic E-state index is 14.0. The highest BCUT2D eigenvalue weighted by atomic mass is 32.2. The van der Waals surface area contributed by atoms with Crippen molar-refractivity contribution in [3.8, 4) is 10.6 Å². The molecule has 0 aliphatic heterocycles. The van der Waals surface area contributed by atoms with Crippen molar-refractivity contribution in [1.29, 1.82) is 0 Å². The lowest BCUT2D eigenvalue weighted by Crippen LogP contribution is -2.36. The van der Waals surface area contributed by atoms with Crippen LogP contribution < -0.4 is 5.32 Å². The fourth-order valence-corrected chi connectivity index (χ4v) is 6.62. The number of hydrogen-bond donors (Lipinski definition) is 2. The molecule has 3 aromatic heterocycles. The SMILES string of the molecule is CCCCOC(=O)[C@H]1CC[C@H]([C@@](C)(O)c2ncc(-c3cc(C)cc(Nc4cc(S(C)(=O)=O)c(F)cn4)n3)s2)CC1. The van der Waals surface area contributed by atoms with Gasteiger partial charge in [0, 0.05) is 18.5 Å². The Hall–Kier alpha value is -2.96. The summed E-state index contributed by atoms with van der Waals surface area (Å²) in [6.07, 6.45) is 8.06. The number of ether oxygens (including phenoxy) is 1. The van der Waals surface area contributed by atoms with E-state index in [1.807, 2.05) is 13.0 Å². The number of carbonyl (C=O) groups excluding carboxylic acids is 1. The minimum absolute atomic E-state index is 0.0394. The van der Waals surface area contributed by atoms with Crippen molar-refractivity contribution in [2.24, 2.45) is 11.8 Å². The number of nitrogens with one attached hydrogen (secondary N) is 1. The first kappa shape index (κ1) is 30.0. The molecule has 216 valence electrons. The number of aliphatic hydroxyl groups is 1. The summed E-state index contributed by atoms with van der Waals surface area (Å²) in [7, 11) is -3.77. The van der Waals surface area contributed by atoms with Crippen LogP contribution >= 0.6 is 11.3 Å². The molecule has 0 radical (unpaired) electrons. The van der Waals surface area contributed by atoms with E-state index < -0.39 is 26.2 Å². The molecule has 0 bridgehead atoms. The number of sulfone groups is 1. The molecular formula is C28H35FN4O5S2. The molecule has 4 rings (SSSR count). The average molecular weight is 591 g/mol. The summed E-state index contributed by atoms with van der Waals surface area (Å²) >= 11 is 1.35. The molecule has 2 N–H and O–H groups in total. The summed E-state index contributed by atoms with van der Waals surface area (Å²) in [6.45, 7) is 6.18. The van der Waals surface area contributed by atoms with Gasteiger partial charge in [0.25, 0.3) is 0 Å². The van der Waals surface area contributed by atoms with E-state index in [9.17, 15) is 22.7 Å². The Morgan fingerprint density at radius 2 is 1.90 bits per heavy atom. The Bertz CT molecular complexity index is 1470. The predicted octanol–water partition coefficient (Wildman–Crippen LogP) is 5.55. The number of anilines is 2. The lowest BCUT2D eigenvalue weighted by Gasteiger charge is -2.36. The maximum Gasteiger partial charge on any atom is 0.308 e. The van der Waals surface area contributed by atoms with Crippen molar-refractivity contribution in [1.82, 2.24) is 15.0 Å². The van der Waals surface area contributed by atoms with E-state index in [1.165, 1.54) is 11.3 Å². The number of thiazole rings is 1. The Kier molecular flexibility index (Phi) is 9.21. The number of aromatic nitrogens is 3. The largest absolute Gasteiger partial charge is 0.465 e. The van der Waals surface area contributed by atoms with E-state index in [-0.39, 0.29) is 23.6 Å². The summed E-state index contributed by atoms with van der Waals surface area (Å²) in [5.41, 5.74) is 0.333. The van der Waals surface area contributed by atoms with Crippen LogP contribution in [0.2, 0.25) is 0 Å². The Balaban J connectivity index is 1.47. The fourth-order valence-electron chi connectivity index (χ4n) is 4.89. The van der Waals surface area contributed by atoms with Gasteiger partial charge in [-0.15, -0.1) is 11.3 Å². The van der Waals surface area contributed by atoms with Crippen molar-refractivity contribution in [2.75, 3.05) is 18.2 Å². The first-order valence-electron chi connectivity index (χ1n) is 13.4. The van der Waals surface area contributed by atoms with Crippen LogP contribution in [0.3, 0.4) is 0 Å². The van der Waals surface area contributed by atoms with Gasteiger partial charge in [-0.2, -0.15) is 0 Å². The molecule has 1 fully saturated rings. The van der Waals surface area contributed by atoms with E-state index in [1.54, 1.807) is 19.2 Å². The van der Waals surface area contributed by atoms with Crippen molar-refractivity contribution < 1.29 is 27.4 Å². The average Bonchev–Trinajstić information content (AvgIpc) is 3.41. The lowest BCUT2D eigenvalue weighted by molar-refractivity contribution is -0.151. The monoisotopic (exact) mass is 590 g/mol. The van der Waals surface area contributed by atoms with Gasteiger partial charge in [0.1, 0.15) is 27.1 Å². The lowest BCUT2D eigenvalue weighted by atomic mass is 9.74. The third kappa shape index (κ3) is 7.02. The van der Waals surface area contributed by atoms with Gasteiger partial charge in [-0.05, 0) is 69.6 Å². The van der Waals surface area contributed by atoms with E-state index >= 15 is 0 Å². The highest BCUT2D eigenvalue weighted by molar-refractivity contribution is 7.90. The van der Waals surface area contributed by atoms with Crippen LogP contribution in [-0.2, 0) is 25.0 Å². The second-order valence-electron chi connectivity index (χ2n) is 10.6. The third-order valence-electron chi connectivity index (χ3n) is 7.23. The zero-order valence-corrected chi connectivity index (χ0v) is 24.7. The van der Waals surface area contributed by atoms with Crippen molar-refractivity contribution >= 4 is 38.8 Å². The molecule has 40 heavy (non-hydrogen) atoms. The van der Waals surface area contributed by atoms with Gasteiger partial charge in [-0.3, -0.25) is 4.79 Å². The summed E-state index contributed by atoms with van der Waals surface area (Å²) in [4.78, 5) is 25.7. The smallest absolute Gasteiger partial charge is 0.308 e. The number of hydrogen-bond acceptors (Lipinski definition) is 10. The van der Waals surface area contributed by atoms with E-state index in [2.05, 4.69) is 27.2 Å². The molecule has 12 heteroatoms. The summed E-state index contributed by atoms with van der Waals surface area (Å²) < 4.78 is 43.1. The fraction of sp³-hybridized carbons (Fsp3) is 0.500. The molecule has 3 aromatic rings. The molecular weight excluding hydrogens is 555 g/mol. The summed E-state index contributed by atoms with van der Waals surface area (Å²) in [5.74, 6) is -0.676. The van der Waals surface area contributed by atoms with E-state index in [0.717, 1.165) is 41.8 Å². The maximum absolute atomic E-state index is 14.0. The topological polar surface area (TPSA) is 131 Å². The van der Waals surface area contributed by atoms with Crippen LogP contribution in [-0.4, -0.2) is 47.3 Å². The second kappa shape index (κ2) is 12.3. The molecule has 0 unspecified atom stereocenters. The molecule has 3 heterocycles. The van der Waals surface area contributed by atoms with Crippen molar-refractivity contribution in [2.45, 2.75) is 69.8 Å². The number of carbonyl (C=O) groups is 1. The van der Waals surface area contributed by atoms with Gasteiger partial charge in [0.05, 0.1) is 29.3 Å². The number of aryl methyl sites for hydroxylation is 1. The number of rotatable bonds is 10. The first-order chi connectivity index (χ1) is 18.9. The van der Waals surface area contributed by atoms with Crippen LogP contribution in [0.5, 0.6) is 0 Å². The van der Waals surface area contributed by atoms with Gasteiger partial charge in [-0.25, -0.2) is 27.8 Å². The van der Waals surface area contributed by atoms with E-state index in [0.29, 0.717) is 48.8 Å². The van der Waals surface area contributed by atoms with Crippen LogP contribution in [0.15, 0.2) is 35.5 Å². The van der Waals surface area contributed by atoms with Crippen LogP contribution in [0.1, 0.15) is 62.9 Å². The zero-order chi connectivity index (χ0) is 29.1. The number of nitrogens with zero attached hydrogens (tertiary/aromatic N) is 3. The quantitative estimate of drug-likeness (QED) is 0.230. The number of unbranched alkanes of at least 4 members (excludes halogenated alkanes) is 1. The summed E-state index contributed by atoms with van der Waals surface area (Å²) in [6, 6.07) is 4.78.